The lowest BCUT2D eigenvalue weighted by Gasteiger charge is -2.11. The van der Waals surface area contributed by atoms with Crippen LogP contribution >= 0.6 is 0 Å². The van der Waals surface area contributed by atoms with Crippen LogP contribution in [-0.2, 0) is 0 Å². The highest BCUT2D eigenvalue weighted by atomic mass is 16.1. The monoisotopic (exact) mass is 248 g/mol. The first-order valence-corrected chi connectivity index (χ1v) is 6.89. The zero-order valence-corrected chi connectivity index (χ0v) is 10.6. The lowest BCUT2D eigenvalue weighted by atomic mass is 10.1. The van der Waals surface area contributed by atoms with E-state index in [1.807, 2.05) is 4.57 Å². The Hall–Kier alpha value is -1.36. The molecule has 1 aliphatic heterocycles. The third-order valence-electron chi connectivity index (χ3n) is 3.76. The summed E-state index contributed by atoms with van der Waals surface area (Å²) in [5.74, 6) is 0.502. The summed E-state index contributed by atoms with van der Waals surface area (Å²) in [6, 6.07) is 1.02. The number of rotatable bonds is 5. The van der Waals surface area contributed by atoms with Crippen molar-refractivity contribution in [1.82, 2.24) is 14.9 Å². The zero-order chi connectivity index (χ0) is 12.4. The fourth-order valence-electron chi connectivity index (χ4n) is 2.55. The van der Waals surface area contributed by atoms with Crippen LogP contribution in [0.25, 0.3) is 0 Å². The summed E-state index contributed by atoms with van der Waals surface area (Å²) in [5, 5.41) is 6.63. The number of anilines is 1. The predicted octanol–water partition coefficient (Wildman–Crippen LogP) is 1.13. The minimum absolute atomic E-state index is 0.0272. The summed E-state index contributed by atoms with van der Waals surface area (Å²) in [6.07, 6.45) is 9.32. The van der Waals surface area contributed by atoms with E-state index in [9.17, 15) is 4.79 Å². The molecule has 0 spiro atoms. The largest absolute Gasteiger partial charge is 0.365 e. The van der Waals surface area contributed by atoms with Crippen molar-refractivity contribution in [3.05, 3.63) is 22.7 Å². The molecule has 0 aromatic carbocycles. The fourth-order valence-corrected chi connectivity index (χ4v) is 2.55. The lowest BCUT2D eigenvalue weighted by Crippen LogP contribution is -2.27. The second-order valence-corrected chi connectivity index (χ2v) is 5.23. The molecular weight excluding hydrogens is 228 g/mol. The van der Waals surface area contributed by atoms with Crippen LogP contribution in [0.15, 0.2) is 17.2 Å². The van der Waals surface area contributed by atoms with Crippen LogP contribution in [0.3, 0.4) is 0 Å². The topological polar surface area (TPSA) is 59.0 Å². The summed E-state index contributed by atoms with van der Waals surface area (Å²) in [4.78, 5) is 16.2. The van der Waals surface area contributed by atoms with Crippen LogP contribution in [0.1, 0.15) is 38.1 Å². The Morgan fingerprint density at radius 1 is 1.44 bits per heavy atom. The molecule has 2 aliphatic rings. The predicted molar refractivity (Wildman–Crippen MR) is 70.9 cm³/mol. The Morgan fingerprint density at radius 2 is 2.33 bits per heavy atom. The molecule has 2 heterocycles. The Labute approximate surface area is 107 Å². The van der Waals surface area contributed by atoms with Gasteiger partial charge >= 0.3 is 0 Å². The quantitative estimate of drug-likeness (QED) is 0.820. The van der Waals surface area contributed by atoms with Crippen LogP contribution in [0.5, 0.6) is 0 Å². The molecule has 1 aliphatic carbocycles. The molecule has 1 atom stereocenters. The molecule has 1 saturated heterocycles. The maximum atomic E-state index is 12.1. The van der Waals surface area contributed by atoms with Gasteiger partial charge in [-0.1, -0.05) is 0 Å². The fraction of sp³-hybridized carbons (Fsp3) is 0.692. The summed E-state index contributed by atoms with van der Waals surface area (Å²) < 4.78 is 1.81. The van der Waals surface area contributed by atoms with Crippen molar-refractivity contribution in [2.75, 3.05) is 18.4 Å². The summed E-state index contributed by atoms with van der Waals surface area (Å²) in [6.45, 7) is 1.94. The van der Waals surface area contributed by atoms with E-state index in [1.54, 1.807) is 12.4 Å². The summed E-state index contributed by atoms with van der Waals surface area (Å²) in [7, 11) is 0. The molecule has 3 rings (SSSR count). The molecule has 0 bridgehead atoms. The third kappa shape index (κ3) is 2.56. The molecule has 0 unspecified atom stereocenters. The minimum atomic E-state index is 0.0272. The van der Waals surface area contributed by atoms with Crippen LogP contribution in [0.2, 0.25) is 0 Å². The van der Waals surface area contributed by atoms with Crippen LogP contribution in [-0.4, -0.2) is 28.7 Å². The number of nitrogens with zero attached hydrogens (tertiary/aromatic N) is 2. The van der Waals surface area contributed by atoms with Gasteiger partial charge in [0.25, 0.3) is 5.56 Å². The highest BCUT2D eigenvalue weighted by Crippen LogP contribution is 2.33. The smallest absolute Gasteiger partial charge is 0.293 e. The van der Waals surface area contributed by atoms with Crippen molar-refractivity contribution in [3.63, 3.8) is 0 Å². The molecule has 0 amide bonds. The van der Waals surface area contributed by atoms with Gasteiger partial charge in [0.1, 0.15) is 0 Å². The lowest BCUT2D eigenvalue weighted by molar-refractivity contribution is 0.573. The minimum Gasteiger partial charge on any atom is -0.365 e. The normalized spacial score (nSPS) is 23.2. The summed E-state index contributed by atoms with van der Waals surface area (Å²) >= 11 is 0. The Morgan fingerprint density at radius 3 is 3.06 bits per heavy atom. The first-order valence-electron chi connectivity index (χ1n) is 6.89. The standard InChI is InChI=1S/C13H20N4O/c18-13-12(15-7-5-10-2-1-6-14-10)16-8-9-17(13)11-3-4-11/h8-11,14H,1-7H2,(H,15,16)/t10-/m0/s1. The van der Waals surface area contributed by atoms with Gasteiger partial charge < -0.3 is 15.2 Å². The second-order valence-electron chi connectivity index (χ2n) is 5.23. The first-order chi connectivity index (χ1) is 8.84. The van der Waals surface area contributed by atoms with Gasteiger partial charge in [0.15, 0.2) is 5.82 Å². The molecule has 98 valence electrons. The van der Waals surface area contributed by atoms with Gasteiger partial charge in [-0.3, -0.25) is 4.79 Å². The molecule has 18 heavy (non-hydrogen) atoms. The van der Waals surface area contributed by atoms with Crippen molar-refractivity contribution in [2.45, 2.75) is 44.2 Å². The van der Waals surface area contributed by atoms with E-state index in [-0.39, 0.29) is 5.56 Å². The van der Waals surface area contributed by atoms with Gasteiger partial charge in [0.05, 0.1) is 0 Å². The molecule has 0 radical (unpaired) electrons. The van der Waals surface area contributed by atoms with E-state index in [0.717, 1.165) is 32.4 Å². The number of hydrogen-bond donors (Lipinski definition) is 2. The number of nitrogens with one attached hydrogen (secondary N) is 2. The average molecular weight is 248 g/mol. The van der Waals surface area contributed by atoms with Crippen LogP contribution in [0, 0.1) is 0 Å². The van der Waals surface area contributed by atoms with Crippen molar-refractivity contribution >= 4 is 5.82 Å². The maximum Gasteiger partial charge on any atom is 0.293 e. The van der Waals surface area contributed by atoms with E-state index in [0.29, 0.717) is 17.9 Å². The molecule has 5 nitrogen and oxygen atoms in total. The molecular formula is C13H20N4O. The van der Waals surface area contributed by atoms with Gasteiger partial charge in [0, 0.05) is 31.0 Å². The van der Waals surface area contributed by atoms with Crippen molar-refractivity contribution < 1.29 is 0 Å². The van der Waals surface area contributed by atoms with Crippen molar-refractivity contribution in [1.29, 1.82) is 0 Å². The van der Waals surface area contributed by atoms with Gasteiger partial charge in [-0.25, -0.2) is 4.98 Å². The molecule has 5 heteroatoms. The molecule has 1 aromatic heterocycles. The van der Waals surface area contributed by atoms with Gasteiger partial charge in [0.2, 0.25) is 0 Å². The van der Waals surface area contributed by atoms with Gasteiger partial charge in [-0.2, -0.15) is 0 Å². The highest BCUT2D eigenvalue weighted by molar-refractivity contribution is 5.31. The molecule has 2 fully saturated rings. The number of hydrogen-bond acceptors (Lipinski definition) is 4. The Kier molecular flexibility index (Phi) is 3.32. The van der Waals surface area contributed by atoms with Gasteiger partial charge in [-0.15, -0.1) is 0 Å². The zero-order valence-electron chi connectivity index (χ0n) is 10.6. The SMILES string of the molecule is O=c1c(NCC[C@@H]2CCCN2)nccn1C1CC1. The van der Waals surface area contributed by atoms with E-state index >= 15 is 0 Å². The molecule has 2 N–H and O–H groups in total. The van der Waals surface area contributed by atoms with E-state index in [2.05, 4.69) is 15.6 Å². The maximum absolute atomic E-state index is 12.1. The van der Waals surface area contributed by atoms with E-state index in [4.69, 9.17) is 0 Å². The van der Waals surface area contributed by atoms with Crippen LogP contribution < -0.4 is 16.2 Å². The third-order valence-corrected chi connectivity index (χ3v) is 3.76. The van der Waals surface area contributed by atoms with E-state index < -0.39 is 0 Å². The van der Waals surface area contributed by atoms with Crippen molar-refractivity contribution in [2.24, 2.45) is 0 Å². The number of aromatic nitrogens is 2. The first kappa shape index (κ1) is 11.7. The highest BCUT2D eigenvalue weighted by Gasteiger charge is 2.25. The Bertz CT molecular complexity index is 460. The molecule has 1 aromatic rings. The summed E-state index contributed by atoms with van der Waals surface area (Å²) in [5.41, 5.74) is 0.0272. The van der Waals surface area contributed by atoms with Gasteiger partial charge in [-0.05, 0) is 38.6 Å². The van der Waals surface area contributed by atoms with Crippen LogP contribution in [0.4, 0.5) is 5.82 Å². The average Bonchev–Trinajstić information content (AvgIpc) is 3.09. The Balaban J connectivity index is 1.58. The van der Waals surface area contributed by atoms with E-state index in [1.165, 1.54) is 12.8 Å². The second kappa shape index (κ2) is 5.10. The van der Waals surface area contributed by atoms with Crippen molar-refractivity contribution in [3.8, 4) is 0 Å². The molecule has 1 saturated carbocycles.